The van der Waals surface area contributed by atoms with Crippen LogP contribution in [0.2, 0.25) is 0 Å². The number of carbonyl (C=O) groups is 1. The summed E-state index contributed by atoms with van der Waals surface area (Å²) in [5.41, 5.74) is 0.854. The average Bonchev–Trinajstić information content (AvgIpc) is 2.37. The molecular weight excluding hydrogens is 230 g/mol. The fourth-order valence-corrected chi connectivity index (χ4v) is 2.76. The molecule has 1 aromatic heterocycles. The third-order valence-electron chi connectivity index (χ3n) is 3.61. The number of nitrogens with zero attached hydrogens (tertiary/aromatic N) is 3. The molecule has 2 heterocycles. The Labute approximate surface area is 107 Å². The maximum absolute atomic E-state index is 11.1. The van der Waals surface area contributed by atoms with Crippen molar-refractivity contribution < 1.29 is 9.90 Å². The number of carboxylic acid groups (broad SMARTS) is 1. The minimum atomic E-state index is -0.758. The first-order valence-corrected chi connectivity index (χ1v) is 6.33. The van der Waals surface area contributed by atoms with Crippen molar-refractivity contribution in [1.29, 1.82) is 0 Å². The Morgan fingerprint density at radius 1 is 1.67 bits per heavy atom. The smallest absolute Gasteiger partial charge is 0.304 e. The summed E-state index contributed by atoms with van der Waals surface area (Å²) in [6, 6.07) is 1.84. The van der Waals surface area contributed by atoms with Gasteiger partial charge in [0.15, 0.2) is 0 Å². The van der Waals surface area contributed by atoms with Gasteiger partial charge in [0.1, 0.15) is 6.33 Å². The first kappa shape index (κ1) is 13.0. The van der Waals surface area contributed by atoms with Gasteiger partial charge in [-0.05, 0) is 38.4 Å². The predicted octanol–water partition coefficient (Wildman–Crippen LogP) is 1.38. The van der Waals surface area contributed by atoms with Gasteiger partial charge in [0.05, 0.1) is 6.42 Å². The topological polar surface area (TPSA) is 66.3 Å². The van der Waals surface area contributed by atoms with Crippen LogP contribution in [0, 0.1) is 5.92 Å². The van der Waals surface area contributed by atoms with Crippen LogP contribution in [0.1, 0.15) is 30.9 Å². The number of piperidine rings is 1. The van der Waals surface area contributed by atoms with Gasteiger partial charge in [-0.3, -0.25) is 4.79 Å². The quantitative estimate of drug-likeness (QED) is 0.873. The molecule has 1 saturated heterocycles. The van der Waals surface area contributed by atoms with E-state index in [-0.39, 0.29) is 12.3 Å². The molecule has 2 unspecified atom stereocenters. The molecule has 5 nitrogen and oxygen atoms in total. The lowest BCUT2D eigenvalue weighted by molar-refractivity contribution is -0.137. The summed E-state index contributed by atoms with van der Waals surface area (Å²) in [5, 5.41) is 9.08. The zero-order valence-electron chi connectivity index (χ0n) is 10.6. The van der Waals surface area contributed by atoms with E-state index in [0.717, 1.165) is 31.6 Å². The molecule has 0 bridgehead atoms. The van der Waals surface area contributed by atoms with Crippen molar-refractivity contribution >= 4 is 5.97 Å². The summed E-state index contributed by atoms with van der Waals surface area (Å²) in [5.74, 6) is -0.394. The fraction of sp³-hybridized carbons (Fsp3) is 0.615. The van der Waals surface area contributed by atoms with Gasteiger partial charge in [0.25, 0.3) is 0 Å². The second kappa shape index (κ2) is 5.91. The third kappa shape index (κ3) is 3.26. The summed E-state index contributed by atoms with van der Waals surface area (Å²) in [4.78, 5) is 21.5. The van der Waals surface area contributed by atoms with Crippen LogP contribution in [0.15, 0.2) is 18.6 Å². The van der Waals surface area contributed by atoms with Gasteiger partial charge in [-0.15, -0.1) is 0 Å². The van der Waals surface area contributed by atoms with Gasteiger partial charge < -0.3 is 10.0 Å². The summed E-state index contributed by atoms with van der Waals surface area (Å²) in [7, 11) is 2.09. The normalized spacial score (nSPS) is 22.6. The average molecular weight is 249 g/mol. The molecular formula is C13H19N3O2. The Hall–Kier alpha value is -1.49. The van der Waals surface area contributed by atoms with E-state index in [4.69, 9.17) is 5.11 Å². The number of rotatable bonds is 4. The summed E-state index contributed by atoms with van der Waals surface area (Å²) in [6.07, 6.45) is 5.53. The first-order chi connectivity index (χ1) is 8.66. The van der Waals surface area contributed by atoms with Crippen molar-refractivity contribution in [3.05, 3.63) is 24.3 Å². The van der Waals surface area contributed by atoms with E-state index < -0.39 is 5.97 Å². The minimum absolute atomic E-state index is 0.00625. The van der Waals surface area contributed by atoms with Crippen molar-refractivity contribution in [3.63, 3.8) is 0 Å². The van der Waals surface area contributed by atoms with Crippen molar-refractivity contribution in [2.24, 2.45) is 5.92 Å². The number of hydrogen-bond acceptors (Lipinski definition) is 4. The van der Waals surface area contributed by atoms with E-state index in [1.165, 1.54) is 6.33 Å². The number of carboxylic acids is 1. The highest BCUT2D eigenvalue weighted by atomic mass is 16.4. The number of aliphatic carboxylic acids is 1. The largest absolute Gasteiger partial charge is 0.481 e. The molecule has 1 aliphatic heterocycles. The lowest BCUT2D eigenvalue weighted by Gasteiger charge is -2.34. The van der Waals surface area contributed by atoms with Crippen LogP contribution in [0.4, 0.5) is 0 Å². The highest BCUT2D eigenvalue weighted by Gasteiger charge is 2.29. The van der Waals surface area contributed by atoms with Crippen LogP contribution >= 0.6 is 0 Å². The summed E-state index contributed by atoms with van der Waals surface area (Å²) in [6.45, 7) is 2.04. The highest BCUT2D eigenvalue weighted by Crippen LogP contribution is 2.32. The molecule has 2 atom stereocenters. The molecule has 1 aliphatic rings. The second-order valence-electron chi connectivity index (χ2n) is 5.00. The van der Waals surface area contributed by atoms with Crippen molar-refractivity contribution in [2.45, 2.75) is 25.2 Å². The molecule has 1 fully saturated rings. The first-order valence-electron chi connectivity index (χ1n) is 6.33. The number of aromatic nitrogens is 2. The van der Waals surface area contributed by atoms with Crippen molar-refractivity contribution in [3.8, 4) is 0 Å². The molecule has 0 aromatic carbocycles. The maximum atomic E-state index is 11.1. The molecule has 18 heavy (non-hydrogen) atoms. The SMILES string of the molecule is CN1CCCC(C(CC(=O)O)c2ccncn2)C1. The Balaban J connectivity index is 2.16. The molecule has 0 saturated carbocycles. The van der Waals surface area contributed by atoms with E-state index in [2.05, 4.69) is 21.9 Å². The van der Waals surface area contributed by atoms with Crippen LogP contribution < -0.4 is 0 Å². The summed E-state index contributed by atoms with van der Waals surface area (Å²) >= 11 is 0. The summed E-state index contributed by atoms with van der Waals surface area (Å²) < 4.78 is 0. The predicted molar refractivity (Wildman–Crippen MR) is 67.2 cm³/mol. The van der Waals surface area contributed by atoms with E-state index in [0.29, 0.717) is 5.92 Å². The Bertz CT molecular complexity index is 396. The lowest BCUT2D eigenvalue weighted by atomic mass is 9.81. The van der Waals surface area contributed by atoms with E-state index in [1.807, 2.05) is 6.07 Å². The minimum Gasteiger partial charge on any atom is -0.481 e. The highest BCUT2D eigenvalue weighted by molar-refractivity contribution is 5.68. The van der Waals surface area contributed by atoms with Gasteiger partial charge in [0.2, 0.25) is 0 Å². The molecule has 98 valence electrons. The lowest BCUT2D eigenvalue weighted by Crippen LogP contribution is -2.35. The molecule has 1 N–H and O–H groups in total. The van der Waals surface area contributed by atoms with Crippen LogP contribution in [0.5, 0.6) is 0 Å². The Morgan fingerprint density at radius 2 is 2.50 bits per heavy atom. The zero-order valence-corrected chi connectivity index (χ0v) is 10.6. The molecule has 5 heteroatoms. The maximum Gasteiger partial charge on any atom is 0.304 e. The van der Waals surface area contributed by atoms with Gasteiger partial charge in [0, 0.05) is 24.4 Å². The number of hydrogen-bond donors (Lipinski definition) is 1. The molecule has 2 rings (SSSR count). The molecule has 0 aliphatic carbocycles. The van der Waals surface area contributed by atoms with Gasteiger partial charge in [-0.25, -0.2) is 9.97 Å². The van der Waals surface area contributed by atoms with Gasteiger partial charge in [-0.2, -0.15) is 0 Å². The zero-order chi connectivity index (χ0) is 13.0. The van der Waals surface area contributed by atoms with Crippen LogP contribution in [0.25, 0.3) is 0 Å². The van der Waals surface area contributed by atoms with E-state index in [1.54, 1.807) is 6.20 Å². The Kier molecular flexibility index (Phi) is 4.25. The van der Waals surface area contributed by atoms with E-state index in [9.17, 15) is 4.79 Å². The van der Waals surface area contributed by atoms with Gasteiger partial charge >= 0.3 is 5.97 Å². The molecule has 0 amide bonds. The fourth-order valence-electron chi connectivity index (χ4n) is 2.76. The monoisotopic (exact) mass is 249 g/mol. The molecule has 1 aromatic rings. The van der Waals surface area contributed by atoms with Crippen molar-refractivity contribution in [2.75, 3.05) is 20.1 Å². The van der Waals surface area contributed by atoms with Crippen LogP contribution in [-0.2, 0) is 4.79 Å². The second-order valence-corrected chi connectivity index (χ2v) is 5.00. The molecule has 0 spiro atoms. The van der Waals surface area contributed by atoms with E-state index >= 15 is 0 Å². The number of likely N-dealkylation sites (tertiary alicyclic amines) is 1. The van der Waals surface area contributed by atoms with Crippen molar-refractivity contribution in [1.82, 2.24) is 14.9 Å². The third-order valence-corrected chi connectivity index (χ3v) is 3.61. The standard InChI is InChI=1S/C13H19N3O2/c1-16-6-2-3-10(8-16)11(7-13(17)18)12-4-5-14-9-15-12/h4-5,9-11H,2-3,6-8H2,1H3,(H,17,18). The van der Waals surface area contributed by atoms with Crippen LogP contribution in [-0.4, -0.2) is 46.1 Å². The van der Waals surface area contributed by atoms with Gasteiger partial charge in [-0.1, -0.05) is 0 Å². The molecule has 0 radical (unpaired) electrons. The Morgan fingerprint density at radius 3 is 3.11 bits per heavy atom. The van der Waals surface area contributed by atoms with Crippen LogP contribution in [0.3, 0.4) is 0 Å².